The minimum Gasteiger partial charge on any atom is -0.507 e. The van der Waals surface area contributed by atoms with Crippen molar-refractivity contribution in [3.8, 4) is 5.75 Å². The van der Waals surface area contributed by atoms with Crippen LogP contribution >= 0.6 is 27.3 Å². The molecule has 0 bridgehead atoms. The molecule has 2 rings (SSSR count). The highest BCUT2D eigenvalue weighted by atomic mass is 79.9. The third kappa shape index (κ3) is 2.11. The van der Waals surface area contributed by atoms with Crippen LogP contribution in [0.15, 0.2) is 40.2 Å². The molecule has 1 aromatic heterocycles. The van der Waals surface area contributed by atoms with E-state index in [1.807, 2.05) is 6.07 Å². The van der Waals surface area contributed by atoms with Crippen LogP contribution in [0, 0.1) is 0 Å². The van der Waals surface area contributed by atoms with Gasteiger partial charge in [0.05, 0.1) is 14.2 Å². The predicted octanol–water partition coefficient (Wildman–Crippen LogP) is 3.45. The summed E-state index contributed by atoms with van der Waals surface area (Å²) in [7, 11) is 0. The lowest BCUT2D eigenvalue weighted by Gasteiger charge is -2.00. The summed E-state index contributed by atoms with van der Waals surface area (Å²) < 4.78 is 0.904. The number of benzene rings is 1. The van der Waals surface area contributed by atoms with Gasteiger partial charge < -0.3 is 5.11 Å². The minimum absolute atomic E-state index is 0.0204. The Hall–Kier alpha value is -1.13. The lowest BCUT2D eigenvalue weighted by molar-refractivity contribution is 0.104. The van der Waals surface area contributed by atoms with E-state index in [4.69, 9.17) is 0 Å². The summed E-state index contributed by atoms with van der Waals surface area (Å²) >= 11 is 4.65. The molecular formula is C11H7BrO2S. The molecule has 1 heterocycles. The Morgan fingerprint density at radius 1 is 1.20 bits per heavy atom. The molecule has 0 fully saturated rings. The van der Waals surface area contributed by atoms with E-state index in [1.165, 1.54) is 17.4 Å². The predicted molar refractivity (Wildman–Crippen MR) is 63.6 cm³/mol. The first-order valence-corrected chi connectivity index (χ1v) is 5.87. The molecule has 4 heteroatoms. The topological polar surface area (TPSA) is 37.3 Å². The van der Waals surface area contributed by atoms with Crippen LogP contribution in [-0.4, -0.2) is 10.9 Å². The second kappa shape index (κ2) is 4.16. The Bertz CT molecular complexity index is 505. The molecule has 0 aliphatic carbocycles. The summed E-state index contributed by atoms with van der Waals surface area (Å²) in [5.74, 6) is -0.129. The van der Waals surface area contributed by atoms with E-state index < -0.39 is 0 Å². The number of carbonyl (C=O) groups is 1. The zero-order valence-electron chi connectivity index (χ0n) is 7.61. The van der Waals surface area contributed by atoms with Crippen molar-refractivity contribution in [3.05, 3.63) is 50.6 Å². The third-order valence-corrected chi connectivity index (χ3v) is 3.57. The molecule has 76 valence electrons. The first-order valence-electron chi connectivity index (χ1n) is 4.26. The van der Waals surface area contributed by atoms with Crippen molar-refractivity contribution in [2.24, 2.45) is 0 Å². The number of hydrogen-bond donors (Lipinski definition) is 1. The number of carbonyl (C=O) groups excluding carboxylic acids is 1. The smallest absolute Gasteiger partial charge is 0.206 e. The second-order valence-electron chi connectivity index (χ2n) is 2.95. The molecule has 0 radical (unpaired) electrons. The standard InChI is InChI=1S/C11H7BrO2S/c12-10-6-5-9(15-10)11(14)7-3-1-2-4-8(7)13/h1-6,13H. The van der Waals surface area contributed by atoms with Crippen LogP contribution in [0.2, 0.25) is 0 Å². The van der Waals surface area contributed by atoms with E-state index in [0.717, 1.165) is 3.79 Å². The highest BCUT2D eigenvalue weighted by Gasteiger charge is 2.14. The summed E-state index contributed by atoms with van der Waals surface area (Å²) in [5.41, 5.74) is 0.340. The molecular weight excluding hydrogens is 276 g/mol. The monoisotopic (exact) mass is 282 g/mol. The van der Waals surface area contributed by atoms with Gasteiger partial charge in [0.15, 0.2) is 0 Å². The molecule has 0 saturated carbocycles. The van der Waals surface area contributed by atoms with Crippen molar-refractivity contribution in [1.82, 2.24) is 0 Å². The fourth-order valence-corrected chi connectivity index (χ4v) is 2.57. The van der Waals surface area contributed by atoms with Crippen LogP contribution in [0.3, 0.4) is 0 Å². The summed E-state index contributed by atoms with van der Waals surface area (Å²) in [6.07, 6.45) is 0. The van der Waals surface area contributed by atoms with Gasteiger partial charge in [-0.1, -0.05) is 12.1 Å². The highest BCUT2D eigenvalue weighted by Crippen LogP contribution is 2.27. The summed E-state index contributed by atoms with van der Waals surface area (Å²) in [6, 6.07) is 10.1. The van der Waals surface area contributed by atoms with Gasteiger partial charge in [0.1, 0.15) is 5.75 Å². The van der Waals surface area contributed by atoms with Gasteiger partial charge in [0.2, 0.25) is 5.78 Å². The first-order chi connectivity index (χ1) is 7.18. The number of halogens is 1. The maximum absolute atomic E-state index is 11.9. The molecule has 0 amide bonds. The summed E-state index contributed by atoms with van der Waals surface area (Å²) in [6.45, 7) is 0. The molecule has 0 atom stereocenters. The molecule has 2 nitrogen and oxygen atoms in total. The Labute approximate surface area is 99.3 Å². The van der Waals surface area contributed by atoms with Gasteiger partial charge in [-0.25, -0.2) is 0 Å². The Morgan fingerprint density at radius 2 is 1.93 bits per heavy atom. The molecule has 0 spiro atoms. The zero-order chi connectivity index (χ0) is 10.8. The van der Waals surface area contributed by atoms with E-state index in [-0.39, 0.29) is 11.5 Å². The number of rotatable bonds is 2. The molecule has 2 aromatic rings. The van der Waals surface area contributed by atoms with Crippen LogP contribution in [-0.2, 0) is 0 Å². The summed E-state index contributed by atoms with van der Waals surface area (Å²) in [5, 5.41) is 9.52. The molecule has 0 unspecified atom stereocenters. The number of phenolic OH excluding ortho intramolecular Hbond substituents is 1. The van der Waals surface area contributed by atoms with Crippen molar-refractivity contribution in [2.75, 3.05) is 0 Å². The maximum Gasteiger partial charge on any atom is 0.206 e. The SMILES string of the molecule is O=C(c1ccc(Br)s1)c1ccccc1O. The average molecular weight is 283 g/mol. The highest BCUT2D eigenvalue weighted by molar-refractivity contribution is 9.11. The van der Waals surface area contributed by atoms with Crippen LogP contribution in [0.5, 0.6) is 5.75 Å². The second-order valence-corrected chi connectivity index (χ2v) is 5.41. The van der Waals surface area contributed by atoms with Gasteiger partial charge in [0.25, 0.3) is 0 Å². The van der Waals surface area contributed by atoms with Crippen LogP contribution in [0.25, 0.3) is 0 Å². The zero-order valence-corrected chi connectivity index (χ0v) is 10.0. The van der Waals surface area contributed by atoms with Crippen LogP contribution < -0.4 is 0 Å². The fourth-order valence-electron chi connectivity index (χ4n) is 1.23. The average Bonchev–Trinajstić information content (AvgIpc) is 2.65. The Kier molecular flexibility index (Phi) is 2.88. The molecule has 15 heavy (non-hydrogen) atoms. The van der Waals surface area contributed by atoms with Crippen molar-refractivity contribution in [1.29, 1.82) is 0 Å². The van der Waals surface area contributed by atoms with Gasteiger partial charge >= 0.3 is 0 Å². The first kappa shape index (κ1) is 10.4. The maximum atomic E-state index is 11.9. The fraction of sp³-hybridized carbons (Fsp3) is 0. The van der Waals surface area contributed by atoms with Gasteiger partial charge in [-0.15, -0.1) is 11.3 Å². The van der Waals surface area contributed by atoms with Gasteiger partial charge in [0, 0.05) is 0 Å². The van der Waals surface area contributed by atoms with Gasteiger partial charge in [-0.3, -0.25) is 4.79 Å². The number of para-hydroxylation sites is 1. The third-order valence-electron chi connectivity index (χ3n) is 1.95. The van der Waals surface area contributed by atoms with E-state index in [0.29, 0.717) is 10.4 Å². The van der Waals surface area contributed by atoms with E-state index in [2.05, 4.69) is 15.9 Å². The normalized spacial score (nSPS) is 10.2. The Morgan fingerprint density at radius 3 is 2.53 bits per heavy atom. The minimum atomic E-state index is -0.149. The lowest BCUT2D eigenvalue weighted by atomic mass is 10.1. The largest absolute Gasteiger partial charge is 0.507 e. The molecule has 0 aliphatic heterocycles. The van der Waals surface area contributed by atoms with Crippen molar-refractivity contribution >= 4 is 33.0 Å². The van der Waals surface area contributed by atoms with Crippen molar-refractivity contribution < 1.29 is 9.90 Å². The molecule has 0 aliphatic rings. The van der Waals surface area contributed by atoms with E-state index >= 15 is 0 Å². The molecule has 1 N–H and O–H groups in total. The van der Waals surface area contributed by atoms with E-state index in [1.54, 1.807) is 24.3 Å². The molecule has 0 saturated heterocycles. The lowest BCUT2D eigenvalue weighted by Crippen LogP contribution is -1.98. The number of hydrogen-bond acceptors (Lipinski definition) is 3. The Balaban J connectivity index is 2.41. The number of aromatic hydroxyl groups is 1. The van der Waals surface area contributed by atoms with Crippen LogP contribution in [0.1, 0.15) is 15.2 Å². The quantitative estimate of drug-likeness (QED) is 0.857. The number of ketones is 1. The van der Waals surface area contributed by atoms with Gasteiger partial charge in [-0.05, 0) is 40.2 Å². The van der Waals surface area contributed by atoms with Gasteiger partial charge in [-0.2, -0.15) is 0 Å². The van der Waals surface area contributed by atoms with Crippen molar-refractivity contribution in [3.63, 3.8) is 0 Å². The number of phenols is 1. The number of thiophene rings is 1. The van der Waals surface area contributed by atoms with Crippen molar-refractivity contribution in [2.45, 2.75) is 0 Å². The molecule has 1 aromatic carbocycles. The van der Waals surface area contributed by atoms with E-state index in [9.17, 15) is 9.90 Å². The van der Waals surface area contributed by atoms with Crippen LogP contribution in [0.4, 0.5) is 0 Å². The summed E-state index contributed by atoms with van der Waals surface area (Å²) in [4.78, 5) is 12.5.